The minimum atomic E-state index is -0.248. The molecule has 0 bridgehead atoms. The number of rotatable bonds is 4. The molecule has 0 spiro atoms. The molecule has 4 rings (SSSR count). The lowest BCUT2D eigenvalue weighted by Gasteiger charge is -2.17. The Labute approximate surface area is 149 Å². The molecule has 2 aromatic rings. The van der Waals surface area contributed by atoms with Crippen molar-refractivity contribution in [2.24, 2.45) is 4.99 Å². The summed E-state index contributed by atoms with van der Waals surface area (Å²) >= 11 is 1.66. The lowest BCUT2D eigenvalue weighted by atomic mass is 10.1. The van der Waals surface area contributed by atoms with Gasteiger partial charge in [0.15, 0.2) is 5.17 Å². The second-order valence-corrected chi connectivity index (χ2v) is 6.37. The van der Waals surface area contributed by atoms with Crippen molar-refractivity contribution >= 4 is 34.2 Å². The predicted molar refractivity (Wildman–Crippen MR) is 99.8 cm³/mol. The number of methoxy groups -OCH3 is 1. The second kappa shape index (κ2) is 6.60. The van der Waals surface area contributed by atoms with Crippen LogP contribution in [0.2, 0.25) is 0 Å². The van der Waals surface area contributed by atoms with Crippen LogP contribution in [0.4, 0.5) is 5.69 Å². The van der Waals surface area contributed by atoms with Crippen molar-refractivity contribution in [2.45, 2.75) is 0 Å². The van der Waals surface area contributed by atoms with E-state index in [0.717, 1.165) is 35.2 Å². The van der Waals surface area contributed by atoms with Crippen LogP contribution in [0.25, 0.3) is 5.70 Å². The van der Waals surface area contributed by atoms with E-state index in [2.05, 4.69) is 25.6 Å². The molecule has 1 N–H and O–H groups in total. The number of hydrogen-bond donors (Lipinski definition) is 1. The number of hydrogen-bond acceptors (Lipinski definition) is 6. The van der Waals surface area contributed by atoms with Gasteiger partial charge >= 0.3 is 0 Å². The van der Waals surface area contributed by atoms with Crippen LogP contribution in [0.3, 0.4) is 0 Å². The maximum Gasteiger partial charge on any atom is 0.261 e. The summed E-state index contributed by atoms with van der Waals surface area (Å²) in [4.78, 5) is 23.1. The highest BCUT2D eigenvalue weighted by Crippen LogP contribution is 2.35. The molecule has 0 radical (unpaired) electrons. The smallest absolute Gasteiger partial charge is 0.261 e. The van der Waals surface area contributed by atoms with E-state index in [1.807, 2.05) is 24.3 Å². The number of ether oxygens (including phenoxy) is 1. The van der Waals surface area contributed by atoms with E-state index in [-0.39, 0.29) is 5.91 Å². The minimum absolute atomic E-state index is 0.248. The summed E-state index contributed by atoms with van der Waals surface area (Å²) in [6.45, 7) is 1.77. The monoisotopic (exact) mass is 352 g/mol. The Morgan fingerprint density at radius 1 is 1.28 bits per heavy atom. The third kappa shape index (κ3) is 2.98. The Morgan fingerprint density at radius 3 is 2.92 bits per heavy atom. The normalized spacial score (nSPS) is 15.5. The van der Waals surface area contributed by atoms with Gasteiger partial charge in [0.1, 0.15) is 5.56 Å². The zero-order valence-corrected chi connectivity index (χ0v) is 14.4. The third-order valence-electron chi connectivity index (χ3n) is 4.02. The first-order valence-corrected chi connectivity index (χ1v) is 8.74. The second-order valence-electron chi connectivity index (χ2n) is 5.53. The van der Waals surface area contributed by atoms with Crippen molar-refractivity contribution in [1.82, 2.24) is 9.88 Å². The number of carbonyl (C=O) groups is 1. The molecular formula is C18H16N4O2S. The van der Waals surface area contributed by atoms with Crippen LogP contribution in [-0.2, 0) is 0 Å². The maximum absolute atomic E-state index is 12.4. The number of carbonyl (C=O) groups excluding carboxylic acids is 1. The Hall–Kier alpha value is -2.80. The number of amides is 1. The third-order valence-corrected chi connectivity index (χ3v) is 4.92. The SMILES string of the molecule is COc1ncccc1C(=O)Nc1ccc(C2=CSC3=NCCN23)cc1. The summed E-state index contributed by atoms with van der Waals surface area (Å²) in [7, 11) is 1.50. The fourth-order valence-corrected chi connectivity index (χ4v) is 3.76. The molecule has 1 aromatic heterocycles. The van der Waals surface area contributed by atoms with Crippen LogP contribution in [0, 0.1) is 0 Å². The first-order chi connectivity index (χ1) is 12.3. The number of pyridine rings is 1. The van der Waals surface area contributed by atoms with Gasteiger partial charge in [-0.25, -0.2) is 4.98 Å². The summed E-state index contributed by atoms with van der Waals surface area (Å²) in [6, 6.07) is 11.2. The molecule has 1 amide bonds. The van der Waals surface area contributed by atoms with Gasteiger partial charge < -0.3 is 15.0 Å². The molecule has 0 aliphatic carbocycles. The molecule has 0 unspecified atom stereocenters. The van der Waals surface area contributed by atoms with Gasteiger partial charge in [-0.1, -0.05) is 23.9 Å². The zero-order valence-electron chi connectivity index (χ0n) is 13.6. The van der Waals surface area contributed by atoms with E-state index in [4.69, 9.17) is 4.74 Å². The number of nitrogens with zero attached hydrogens (tertiary/aromatic N) is 3. The van der Waals surface area contributed by atoms with Gasteiger partial charge in [-0.05, 0) is 29.8 Å². The highest BCUT2D eigenvalue weighted by molar-refractivity contribution is 8.16. The van der Waals surface area contributed by atoms with E-state index in [0.29, 0.717) is 11.4 Å². The number of aliphatic imine (C=N–C) groups is 1. The molecule has 2 aliphatic rings. The average molecular weight is 352 g/mol. The summed E-state index contributed by atoms with van der Waals surface area (Å²) in [6.07, 6.45) is 1.59. The van der Waals surface area contributed by atoms with Crippen LogP contribution >= 0.6 is 11.8 Å². The van der Waals surface area contributed by atoms with E-state index in [9.17, 15) is 4.79 Å². The number of amidine groups is 1. The topological polar surface area (TPSA) is 66.8 Å². The molecule has 1 aromatic carbocycles. The van der Waals surface area contributed by atoms with E-state index >= 15 is 0 Å². The van der Waals surface area contributed by atoms with Gasteiger partial charge in [0.2, 0.25) is 5.88 Å². The van der Waals surface area contributed by atoms with E-state index in [1.54, 1.807) is 30.1 Å². The van der Waals surface area contributed by atoms with Crippen LogP contribution in [0.1, 0.15) is 15.9 Å². The maximum atomic E-state index is 12.4. The molecule has 25 heavy (non-hydrogen) atoms. The number of anilines is 1. The van der Waals surface area contributed by atoms with Gasteiger partial charge in [-0.2, -0.15) is 0 Å². The predicted octanol–water partition coefficient (Wildman–Crippen LogP) is 3.06. The zero-order chi connectivity index (χ0) is 17.2. The van der Waals surface area contributed by atoms with Crippen molar-refractivity contribution in [3.63, 3.8) is 0 Å². The lowest BCUT2D eigenvalue weighted by molar-refractivity contribution is 0.102. The number of thioether (sulfide) groups is 1. The van der Waals surface area contributed by atoms with Gasteiger partial charge in [0.05, 0.1) is 19.4 Å². The summed E-state index contributed by atoms with van der Waals surface area (Å²) in [5.74, 6) is 0.0629. The molecule has 3 heterocycles. The van der Waals surface area contributed by atoms with Gasteiger partial charge in [-0.3, -0.25) is 9.79 Å². The number of aromatic nitrogens is 1. The Balaban J connectivity index is 1.49. The lowest BCUT2D eigenvalue weighted by Crippen LogP contribution is -2.19. The van der Waals surface area contributed by atoms with E-state index in [1.165, 1.54) is 7.11 Å². The molecule has 7 heteroatoms. The average Bonchev–Trinajstić information content (AvgIpc) is 3.26. The Kier molecular flexibility index (Phi) is 4.15. The molecule has 0 saturated carbocycles. The molecule has 0 atom stereocenters. The molecule has 2 aliphatic heterocycles. The standard InChI is InChI=1S/C18H16N4O2S/c1-24-17-14(3-2-8-19-17)16(23)21-13-6-4-12(5-7-13)15-11-25-18-20-9-10-22(15)18/h2-8,11H,9-10H2,1H3,(H,21,23). The summed E-state index contributed by atoms with van der Waals surface area (Å²) < 4.78 is 5.13. The fourth-order valence-electron chi connectivity index (χ4n) is 2.80. The molecule has 126 valence electrons. The summed E-state index contributed by atoms with van der Waals surface area (Å²) in [5.41, 5.74) is 3.40. The molecule has 6 nitrogen and oxygen atoms in total. The van der Waals surface area contributed by atoms with Crippen molar-refractivity contribution in [1.29, 1.82) is 0 Å². The summed E-state index contributed by atoms with van der Waals surface area (Å²) in [5, 5.41) is 6.06. The van der Waals surface area contributed by atoms with Crippen molar-refractivity contribution < 1.29 is 9.53 Å². The quantitative estimate of drug-likeness (QED) is 0.916. The minimum Gasteiger partial charge on any atom is -0.480 e. The van der Waals surface area contributed by atoms with Crippen molar-refractivity contribution in [2.75, 3.05) is 25.5 Å². The van der Waals surface area contributed by atoms with E-state index < -0.39 is 0 Å². The highest BCUT2D eigenvalue weighted by atomic mass is 32.2. The Bertz CT molecular complexity index is 877. The first-order valence-electron chi connectivity index (χ1n) is 7.86. The fraction of sp³-hybridized carbons (Fsp3) is 0.167. The Morgan fingerprint density at radius 2 is 2.12 bits per heavy atom. The molecular weight excluding hydrogens is 336 g/mol. The number of fused-ring (bicyclic) bond motifs is 1. The van der Waals surface area contributed by atoms with Crippen LogP contribution in [-0.4, -0.2) is 41.2 Å². The van der Waals surface area contributed by atoms with Gasteiger partial charge in [-0.15, -0.1) is 0 Å². The van der Waals surface area contributed by atoms with Crippen LogP contribution < -0.4 is 10.1 Å². The van der Waals surface area contributed by atoms with Crippen molar-refractivity contribution in [3.05, 3.63) is 59.1 Å². The van der Waals surface area contributed by atoms with Crippen molar-refractivity contribution in [3.8, 4) is 5.88 Å². The van der Waals surface area contributed by atoms with Crippen LogP contribution in [0.15, 0.2) is 53.0 Å². The largest absolute Gasteiger partial charge is 0.480 e. The molecule has 0 saturated heterocycles. The first kappa shape index (κ1) is 15.7. The highest BCUT2D eigenvalue weighted by Gasteiger charge is 2.26. The number of nitrogens with one attached hydrogen (secondary N) is 1. The van der Waals surface area contributed by atoms with Crippen LogP contribution in [0.5, 0.6) is 5.88 Å². The van der Waals surface area contributed by atoms with Gasteiger partial charge in [0.25, 0.3) is 5.91 Å². The van der Waals surface area contributed by atoms with Gasteiger partial charge in [0, 0.05) is 23.8 Å². The number of benzene rings is 1. The molecule has 0 fully saturated rings.